The normalized spacial score (nSPS) is 24.6. The summed E-state index contributed by atoms with van der Waals surface area (Å²) in [5.74, 6) is -1.55. The molecular weight excluding hydrogens is 263 g/mol. The van der Waals surface area contributed by atoms with Gasteiger partial charge in [0.05, 0.1) is 0 Å². The minimum Gasteiger partial charge on any atom is -0.310 e. The van der Waals surface area contributed by atoms with Crippen molar-refractivity contribution in [1.82, 2.24) is 5.32 Å². The van der Waals surface area contributed by atoms with Crippen molar-refractivity contribution >= 4 is 0 Å². The minimum atomic E-state index is -0.865. The van der Waals surface area contributed by atoms with Crippen molar-refractivity contribution in [3.05, 3.63) is 35.1 Å². The van der Waals surface area contributed by atoms with E-state index in [1.807, 2.05) is 6.92 Å². The number of halogens is 3. The van der Waals surface area contributed by atoms with Crippen LogP contribution in [0.25, 0.3) is 0 Å². The Bertz CT molecular complexity index is 430. The van der Waals surface area contributed by atoms with Gasteiger partial charge in [0.25, 0.3) is 0 Å². The van der Waals surface area contributed by atoms with Gasteiger partial charge in [-0.3, -0.25) is 0 Å². The van der Waals surface area contributed by atoms with Crippen molar-refractivity contribution in [3.63, 3.8) is 0 Å². The highest BCUT2D eigenvalue weighted by Crippen LogP contribution is 2.38. The molecule has 1 unspecified atom stereocenters. The standard InChI is InChI=1S/C16H22F3N/c1-3-20-16(11-6-4-10(2)5-7-11)15-13(18)8-12(17)9-14(15)19/h8-11,16,20H,3-7H2,1-2H3. The molecule has 2 rings (SSSR count). The third-order valence-electron chi connectivity index (χ3n) is 4.31. The van der Waals surface area contributed by atoms with Gasteiger partial charge >= 0.3 is 0 Å². The molecule has 1 atom stereocenters. The molecule has 0 aliphatic heterocycles. The molecule has 4 heteroatoms. The summed E-state index contributed by atoms with van der Waals surface area (Å²) in [4.78, 5) is 0. The Morgan fingerprint density at radius 2 is 1.65 bits per heavy atom. The molecule has 1 aliphatic carbocycles. The first-order chi connectivity index (χ1) is 9.52. The summed E-state index contributed by atoms with van der Waals surface area (Å²) in [6, 6.07) is 1.18. The topological polar surface area (TPSA) is 12.0 Å². The van der Waals surface area contributed by atoms with Crippen LogP contribution in [0.15, 0.2) is 12.1 Å². The van der Waals surface area contributed by atoms with Gasteiger partial charge in [-0.15, -0.1) is 0 Å². The highest BCUT2D eigenvalue weighted by molar-refractivity contribution is 5.25. The Morgan fingerprint density at radius 3 is 2.15 bits per heavy atom. The zero-order valence-corrected chi connectivity index (χ0v) is 12.1. The SMILES string of the molecule is CCNC(c1c(F)cc(F)cc1F)C1CCC(C)CC1. The largest absolute Gasteiger partial charge is 0.310 e. The average molecular weight is 285 g/mol. The van der Waals surface area contributed by atoms with E-state index in [-0.39, 0.29) is 17.5 Å². The second-order valence-electron chi connectivity index (χ2n) is 5.84. The van der Waals surface area contributed by atoms with Gasteiger partial charge in [0.2, 0.25) is 0 Å². The van der Waals surface area contributed by atoms with E-state index in [2.05, 4.69) is 12.2 Å². The first-order valence-electron chi connectivity index (χ1n) is 7.40. The molecule has 112 valence electrons. The molecule has 1 aromatic carbocycles. The van der Waals surface area contributed by atoms with Gasteiger partial charge < -0.3 is 5.32 Å². The Morgan fingerprint density at radius 1 is 1.10 bits per heavy atom. The number of nitrogens with one attached hydrogen (secondary N) is 1. The molecule has 0 heterocycles. The Labute approximate surface area is 118 Å². The van der Waals surface area contributed by atoms with E-state index in [0.717, 1.165) is 37.8 Å². The molecule has 0 radical (unpaired) electrons. The molecule has 0 saturated heterocycles. The average Bonchev–Trinajstić information content (AvgIpc) is 2.37. The van der Waals surface area contributed by atoms with E-state index >= 15 is 0 Å². The van der Waals surface area contributed by atoms with Crippen LogP contribution in [0, 0.1) is 29.3 Å². The number of hydrogen-bond donors (Lipinski definition) is 1. The third-order valence-corrected chi connectivity index (χ3v) is 4.31. The van der Waals surface area contributed by atoms with Crippen LogP contribution in [-0.4, -0.2) is 6.54 Å². The molecule has 0 aromatic heterocycles. The van der Waals surface area contributed by atoms with E-state index < -0.39 is 17.5 Å². The highest BCUT2D eigenvalue weighted by Gasteiger charge is 2.30. The molecule has 0 bridgehead atoms. The van der Waals surface area contributed by atoms with Gasteiger partial charge in [-0.1, -0.05) is 26.7 Å². The summed E-state index contributed by atoms with van der Waals surface area (Å²) in [6.45, 7) is 4.75. The van der Waals surface area contributed by atoms with Crippen LogP contribution in [0.1, 0.15) is 51.1 Å². The van der Waals surface area contributed by atoms with Crippen molar-refractivity contribution in [2.24, 2.45) is 11.8 Å². The van der Waals surface area contributed by atoms with Gasteiger partial charge in [-0.25, -0.2) is 13.2 Å². The second-order valence-corrected chi connectivity index (χ2v) is 5.84. The van der Waals surface area contributed by atoms with Crippen LogP contribution in [0.4, 0.5) is 13.2 Å². The van der Waals surface area contributed by atoms with E-state index in [9.17, 15) is 13.2 Å². The van der Waals surface area contributed by atoms with Crippen LogP contribution < -0.4 is 5.32 Å². The fraction of sp³-hybridized carbons (Fsp3) is 0.625. The number of benzene rings is 1. The number of hydrogen-bond acceptors (Lipinski definition) is 1. The van der Waals surface area contributed by atoms with Gasteiger partial charge in [0.15, 0.2) is 0 Å². The van der Waals surface area contributed by atoms with Crippen LogP contribution in [-0.2, 0) is 0 Å². The van der Waals surface area contributed by atoms with E-state index in [1.54, 1.807) is 0 Å². The maximum atomic E-state index is 14.0. The van der Waals surface area contributed by atoms with Crippen molar-refractivity contribution in [2.45, 2.75) is 45.6 Å². The molecule has 1 fully saturated rings. The minimum absolute atomic E-state index is 0.00666. The van der Waals surface area contributed by atoms with Crippen LogP contribution >= 0.6 is 0 Å². The smallest absolute Gasteiger partial charge is 0.133 e. The lowest BCUT2D eigenvalue weighted by Gasteiger charge is -2.33. The molecule has 1 N–H and O–H groups in total. The molecular formula is C16H22F3N. The molecule has 0 amide bonds. The quantitative estimate of drug-likeness (QED) is 0.853. The molecule has 1 aromatic rings. The van der Waals surface area contributed by atoms with Crippen molar-refractivity contribution in [1.29, 1.82) is 0 Å². The Balaban J connectivity index is 2.29. The summed E-state index contributed by atoms with van der Waals surface area (Å²) in [7, 11) is 0. The van der Waals surface area contributed by atoms with Crippen molar-refractivity contribution < 1.29 is 13.2 Å². The second kappa shape index (κ2) is 6.61. The van der Waals surface area contributed by atoms with Crippen LogP contribution in [0.5, 0.6) is 0 Å². The van der Waals surface area contributed by atoms with E-state index in [4.69, 9.17) is 0 Å². The predicted octanol–water partition coefficient (Wildman–Crippen LogP) is 4.58. The Kier molecular flexibility index (Phi) is 5.08. The van der Waals surface area contributed by atoms with Gasteiger partial charge in [0.1, 0.15) is 17.5 Å². The first-order valence-corrected chi connectivity index (χ1v) is 7.40. The van der Waals surface area contributed by atoms with Gasteiger partial charge in [-0.05, 0) is 31.2 Å². The summed E-state index contributed by atoms with van der Waals surface area (Å²) < 4.78 is 41.0. The van der Waals surface area contributed by atoms with Gasteiger partial charge in [0, 0.05) is 23.7 Å². The van der Waals surface area contributed by atoms with Crippen LogP contribution in [0.2, 0.25) is 0 Å². The summed E-state index contributed by atoms with van der Waals surface area (Å²) >= 11 is 0. The van der Waals surface area contributed by atoms with Crippen LogP contribution in [0.3, 0.4) is 0 Å². The molecule has 1 aliphatic rings. The molecule has 0 spiro atoms. The van der Waals surface area contributed by atoms with Crippen molar-refractivity contribution in [3.8, 4) is 0 Å². The van der Waals surface area contributed by atoms with E-state index in [0.29, 0.717) is 12.5 Å². The monoisotopic (exact) mass is 285 g/mol. The zero-order valence-electron chi connectivity index (χ0n) is 12.1. The molecule has 20 heavy (non-hydrogen) atoms. The molecule has 1 nitrogen and oxygen atoms in total. The van der Waals surface area contributed by atoms with E-state index in [1.165, 1.54) is 0 Å². The fourth-order valence-corrected chi connectivity index (χ4v) is 3.19. The first kappa shape index (κ1) is 15.4. The Hall–Kier alpha value is -1.03. The lowest BCUT2D eigenvalue weighted by atomic mass is 9.77. The predicted molar refractivity (Wildman–Crippen MR) is 73.9 cm³/mol. The maximum Gasteiger partial charge on any atom is 0.133 e. The summed E-state index contributed by atoms with van der Waals surface area (Å²) in [5, 5.41) is 3.18. The lowest BCUT2D eigenvalue weighted by molar-refractivity contribution is 0.226. The zero-order chi connectivity index (χ0) is 14.7. The lowest BCUT2D eigenvalue weighted by Crippen LogP contribution is -2.32. The number of rotatable bonds is 4. The highest BCUT2D eigenvalue weighted by atomic mass is 19.1. The molecule has 1 saturated carbocycles. The fourth-order valence-electron chi connectivity index (χ4n) is 3.19. The van der Waals surface area contributed by atoms with Gasteiger partial charge in [-0.2, -0.15) is 0 Å². The summed E-state index contributed by atoms with van der Waals surface area (Å²) in [5.41, 5.74) is -0.00666. The third kappa shape index (κ3) is 3.35. The summed E-state index contributed by atoms with van der Waals surface area (Å²) in [6.07, 6.45) is 4.07. The maximum absolute atomic E-state index is 14.0. The van der Waals surface area contributed by atoms with Crippen molar-refractivity contribution in [2.75, 3.05) is 6.54 Å².